The summed E-state index contributed by atoms with van der Waals surface area (Å²) in [5.41, 5.74) is 4.31. The molecule has 5 nitrogen and oxygen atoms in total. The van der Waals surface area contributed by atoms with Gasteiger partial charge in [-0.25, -0.2) is 0 Å². The van der Waals surface area contributed by atoms with Crippen LogP contribution in [0.4, 0.5) is 14.5 Å². The molecule has 0 saturated carbocycles. The van der Waals surface area contributed by atoms with E-state index in [1.54, 1.807) is 11.0 Å². The Morgan fingerprint density at radius 2 is 1.88 bits per heavy atom. The number of nitrogens with zero attached hydrogens (tertiary/aromatic N) is 2. The monoisotopic (exact) mass is 563 g/mol. The van der Waals surface area contributed by atoms with Gasteiger partial charge in [-0.2, -0.15) is 8.78 Å². The summed E-state index contributed by atoms with van der Waals surface area (Å²) in [6, 6.07) is 14.6. The van der Waals surface area contributed by atoms with Gasteiger partial charge in [0.2, 0.25) is 0 Å². The number of anilines is 1. The molecular formula is C25H24F2IN3O2. The van der Waals surface area contributed by atoms with E-state index in [4.69, 9.17) is 4.74 Å². The number of para-hydroxylation sites is 2. The van der Waals surface area contributed by atoms with E-state index < -0.39 is 3.93 Å². The van der Waals surface area contributed by atoms with E-state index in [-0.39, 0.29) is 28.3 Å². The van der Waals surface area contributed by atoms with Crippen molar-refractivity contribution in [3.05, 3.63) is 77.1 Å². The number of likely N-dealkylation sites (tertiary alicyclic amines) is 1. The van der Waals surface area contributed by atoms with Crippen LogP contribution in [0.25, 0.3) is 5.69 Å². The molecule has 3 heterocycles. The first-order chi connectivity index (χ1) is 15.7. The van der Waals surface area contributed by atoms with Crippen LogP contribution in [-0.2, 0) is 9.47 Å². The first-order valence-corrected chi connectivity index (χ1v) is 11.9. The fraction of sp³-hybridized carbons (Fsp3) is 0.320. The average molecular weight is 563 g/mol. The minimum absolute atomic E-state index is 0.0739. The molecule has 0 unspecified atom stereocenters. The van der Waals surface area contributed by atoms with Gasteiger partial charge in [-0.1, -0.05) is 12.1 Å². The van der Waals surface area contributed by atoms with Crippen LogP contribution in [0.3, 0.4) is 0 Å². The number of alkyl halides is 3. The van der Waals surface area contributed by atoms with Gasteiger partial charge in [-0.05, 0) is 61.7 Å². The number of nitrogens with one attached hydrogen (secondary N) is 1. The molecule has 172 valence electrons. The predicted octanol–water partition coefficient (Wildman–Crippen LogP) is 5.84. The lowest BCUT2D eigenvalue weighted by molar-refractivity contribution is 0.0675. The number of rotatable bonds is 3. The normalized spacial score (nSPS) is 16.7. The topological polar surface area (TPSA) is 46.5 Å². The van der Waals surface area contributed by atoms with Crippen molar-refractivity contribution >= 4 is 34.2 Å². The molecule has 0 atom stereocenters. The van der Waals surface area contributed by atoms with Crippen molar-refractivity contribution in [1.29, 1.82) is 0 Å². The maximum Gasteiger partial charge on any atom is 0.325 e. The zero-order valence-electron chi connectivity index (χ0n) is 18.4. The molecule has 2 aliphatic rings. The van der Waals surface area contributed by atoms with Crippen LogP contribution in [0.15, 0.2) is 54.7 Å². The van der Waals surface area contributed by atoms with Crippen molar-refractivity contribution in [2.75, 3.05) is 25.5 Å². The Bertz CT molecular complexity index is 1230. The lowest BCUT2D eigenvalue weighted by Crippen LogP contribution is -2.51. The summed E-state index contributed by atoms with van der Waals surface area (Å²) in [6.07, 6.45) is 3.56. The van der Waals surface area contributed by atoms with E-state index in [0.29, 0.717) is 13.1 Å². The Labute approximate surface area is 204 Å². The Hall–Kier alpha value is -2.62. The Kier molecular flexibility index (Phi) is 5.38. The smallest absolute Gasteiger partial charge is 0.325 e. The first-order valence-electron chi connectivity index (χ1n) is 10.8. The minimum atomic E-state index is -3.13. The minimum Gasteiger partial charge on any atom is -0.496 e. The highest BCUT2D eigenvalue weighted by Crippen LogP contribution is 2.45. The molecule has 5 rings (SSSR count). The molecule has 33 heavy (non-hydrogen) atoms. The van der Waals surface area contributed by atoms with E-state index in [0.717, 1.165) is 46.8 Å². The van der Waals surface area contributed by atoms with E-state index >= 15 is 0 Å². The molecule has 2 aliphatic heterocycles. The molecule has 0 radical (unpaired) electrons. The molecule has 1 aromatic heterocycles. The molecule has 1 amide bonds. The van der Waals surface area contributed by atoms with Gasteiger partial charge in [0.25, 0.3) is 5.91 Å². The summed E-state index contributed by atoms with van der Waals surface area (Å²) in [4.78, 5) is 15.0. The summed E-state index contributed by atoms with van der Waals surface area (Å²) < 4.78 is 32.3. The number of fused-ring (bicyclic) bond motifs is 4. The Balaban J connectivity index is 1.41. The van der Waals surface area contributed by atoms with Gasteiger partial charge < -0.3 is 19.5 Å². The van der Waals surface area contributed by atoms with E-state index in [1.165, 1.54) is 30.5 Å². The van der Waals surface area contributed by atoms with Crippen molar-refractivity contribution in [3.63, 3.8) is 0 Å². The van der Waals surface area contributed by atoms with Gasteiger partial charge in [0.15, 0.2) is 0 Å². The van der Waals surface area contributed by atoms with Gasteiger partial charge >= 0.3 is 3.93 Å². The third-order valence-corrected chi connectivity index (χ3v) is 7.32. The standard InChI is InChI=1S/C25H24F2IN3O2/c1-16-9-12-31-20-6-4-3-5-19(20)29-24(22(16)31)10-13-30(14-11-24)23(32)17-7-8-21(33-2)18(15-17)25(26,27)28/h3-9,12,15,29H,10-11,13-14H2,1-2H3. The number of methoxy groups -OCH3 is 1. The largest absolute Gasteiger partial charge is 0.496 e. The average Bonchev–Trinajstić information content (AvgIpc) is 3.21. The number of aromatic nitrogens is 1. The first kappa shape index (κ1) is 22.2. The number of carbonyl (C=O) groups excluding carboxylic acids is 1. The molecule has 8 heteroatoms. The molecule has 1 spiro atoms. The molecule has 0 aliphatic carbocycles. The van der Waals surface area contributed by atoms with Crippen molar-refractivity contribution in [2.24, 2.45) is 0 Å². The number of carbonyl (C=O) groups is 1. The Morgan fingerprint density at radius 1 is 1.15 bits per heavy atom. The third-order valence-electron chi connectivity index (χ3n) is 6.73. The number of hydrogen-bond acceptors (Lipinski definition) is 3. The second-order valence-corrected chi connectivity index (χ2v) is 10.0. The quantitative estimate of drug-likeness (QED) is 0.322. The fourth-order valence-corrected chi connectivity index (χ4v) is 5.56. The lowest BCUT2D eigenvalue weighted by atomic mass is 9.80. The third kappa shape index (κ3) is 3.68. The van der Waals surface area contributed by atoms with Crippen LogP contribution in [-0.4, -0.2) is 35.6 Å². The fourth-order valence-electron chi connectivity index (χ4n) is 5.14. The second kappa shape index (κ2) is 8.00. The van der Waals surface area contributed by atoms with Gasteiger partial charge in [0, 0.05) is 47.4 Å². The van der Waals surface area contributed by atoms with Crippen LogP contribution in [0, 0.1) is 6.92 Å². The number of piperidine rings is 1. The summed E-state index contributed by atoms with van der Waals surface area (Å²) in [7, 11) is 1.35. The number of halogens is 3. The van der Waals surface area contributed by atoms with Gasteiger partial charge in [-0.3, -0.25) is 4.79 Å². The predicted molar refractivity (Wildman–Crippen MR) is 132 cm³/mol. The van der Waals surface area contributed by atoms with E-state index in [9.17, 15) is 13.6 Å². The highest BCUT2D eigenvalue weighted by Gasteiger charge is 2.43. The summed E-state index contributed by atoms with van der Waals surface area (Å²) in [5, 5.41) is 3.76. The van der Waals surface area contributed by atoms with Crippen molar-refractivity contribution < 1.29 is 18.3 Å². The van der Waals surface area contributed by atoms with Crippen LogP contribution in [0.2, 0.25) is 0 Å². The van der Waals surface area contributed by atoms with Crippen LogP contribution in [0.5, 0.6) is 5.75 Å². The maximum atomic E-state index is 14.1. The van der Waals surface area contributed by atoms with Crippen LogP contribution in [0.1, 0.15) is 40.0 Å². The SMILES string of the molecule is COc1ccc(C(=O)N2CCC3(CC2)Nc2ccccc2-n2ccc(C)c23)cc1C(F)(F)I. The van der Waals surface area contributed by atoms with Crippen molar-refractivity contribution in [1.82, 2.24) is 9.47 Å². The number of benzene rings is 2. The zero-order chi connectivity index (χ0) is 23.4. The molecule has 1 fully saturated rings. The molecule has 3 aromatic rings. The molecule has 1 saturated heterocycles. The molecular weight excluding hydrogens is 539 g/mol. The maximum absolute atomic E-state index is 14.1. The zero-order valence-corrected chi connectivity index (χ0v) is 20.5. The highest BCUT2D eigenvalue weighted by molar-refractivity contribution is 14.1. The molecule has 0 bridgehead atoms. The van der Waals surface area contributed by atoms with E-state index in [1.807, 2.05) is 12.1 Å². The van der Waals surface area contributed by atoms with Crippen molar-refractivity contribution in [3.8, 4) is 11.4 Å². The van der Waals surface area contributed by atoms with Crippen molar-refractivity contribution in [2.45, 2.75) is 29.2 Å². The number of hydrogen-bond donors (Lipinski definition) is 1. The Morgan fingerprint density at radius 3 is 2.58 bits per heavy atom. The highest BCUT2D eigenvalue weighted by atomic mass is 127. The van der Waals surface area contributed by atoms with Gasteiger partial charge in [-0.15, -0.1) is 0 Å². The van der Waals surface area contributed by atoms with Gasteiger partial charge in [0.1, 0.15) is 5.75 Å². The second-order valence-electron chi connectivity index (χ2n) is 8.65. The number of aryl methyl sites for hydroxylation is 1. The van der Waals surface area contributed by atoms with Crippen LogP contribution < -0.4 is 10.1 Å². The lowest BCUT2D eigenvalue weighted by Gasteiger charge is -2.46. The van der Waals surface area contributed by atoms with Crippen LogP contribution >= 0.6 is 22.6 Å². The summed E-state index contributed by atoms with van der Waals surface area (Å²) in [6.45, 7) is 3.17. The number of ether oxygens (including phenoxy) is 1. The molecule has 2 aromatic carbocycles. The van der Waals surface area contributed by atoms with E-state index in [2.05, 4.69) is 41.2 Å². The molecule has 1 N–H and O–H groups in total. The number of amides is 1. The summed E-state index contributed by atoms with van der Waals surface area (Å²) in [5.74, 6) is -0.164. The summed E-state index contributed by atoms with van der Waals surface area (Å²) >= 11 is 1.07. The van der Waals surface area contributed by atoms with Gasteiger partial charge in [0.05, 0.1) is 35.3 Å².